The van der Waals surface area contributed by atoms with Gasteiger partial charge < -0.3 is 19.8 Å². The second kappa shape index (κ2) is 7.42. The maximum Gasteiger partial charge on any atom is 0.337 e. The molecule has 3 aromatic rings. The Bertz CT molecular complexity index is 1210. The SMILES string of the molecule is CCOC(=O)C1=C(Cn2cnc3c(oc4ccccc43)c2=O)NC(=O)NC1CC. The Kier molecular flexibility index (Phi) is 4.79. The molecule has 2 N–H and O–H groups in total. The molecule has 1 unspecified atom stereocenters. The Morgan fingerprint density at radius 2 is 2.07 bits per heavy atom. The molecule has 9 nitrogen and oxygen atoms in total. The first kappa shape index (κ1) is 18.7. The molecule has 0 bridgehead atoms. The van der Waals surface area contributed by atoms with Crippen molar-refractivity contribution in [1.82, 2.24) is 20.2 Å². The van der Waals surface area contributed by atoms with Crippen molar-refractivity contribution in [3.05, 3.63) is 52.2 Å². The van der Waals surface area contributed by atoms with Crippen molar-refractivity contribution >= 4 is 34.1 Å². The van der Waals surface area contributed by atoms with Crippen LogP contribution in [0, 0.1) is 0 Å². The number of carbonyl (C=O) groups excluding carboxylic acids is 2. The molecule has 1 atom stereocenters. The van der Waals surface area contributed by atoms with E-state index in [0.29, 0.717) is 28.8 Å². The van der Waals surface area contributed by atoms with Gasteiger partial charge in [0.25, 0.3) is 5.56 Å². The Morgan fingerprint density at radius 3 is 2.83 bits per heavy atom. The molecular weight excluding hydrogens is 376 g/mol. The van der Waals surface area contributed by atoms with Crippen LogP contribution >= 0.6 is 0 Å². The van der Waals surface area contributed by atoms with Crippen LogP contribution in [0.5, 0.6) is 0 Å². The average molecular weight is 396 g/mol. The lowest BCUT2D eigenvalue weighted by atomic mass is 10.00. The van der Waals surface area contributed by atoms with Gasteiger partial charge in [-0.15, -0.1) is 0 Å². The smallest absolute Gasteiger partial charge is 0.337 e. The van der Waals surface area contributed by atoms with E-state index in [4.69, 9.17) is 9.15 Å². The minimum atomic E-state index is -0.535. The van der Waals surface area contributed by atoms with Crippen LogP contribution in [0.2, 0.25) is 0 Å². The quantitative estimate of drug-likeness (QED) is 0.638. The molecule has 1 aromatic carbocycles. The van der Waals surface area contributed by atoms with Crippen LogP contribution in [0.1, 0.15) is 20.3 Å². The Labute approximate surface area is 165 Å². The summed E-state index contributed by atoms with van der Waals surface area (Å²) in [6.07, 6.45) is 1.89. The summed E-state index contributed by atoms with van der Waals surface area (Å²) in [6.45, 7) is 3.71. The van der Waals surface area contributed by atoms with Gasteiger partial charge in [0, 0.05) is 5.39 Å². The lowest BCUT2D eigenvalue weighted by Gasteiger charge is -2.28. The number of urea groups is 1. The summed E-state index contributed by atoms with van der Waals surface area (Å²) in [6, 6.07) is 6.31. The fraction of sp³-hybridized carbons (Fsp3) is 0.300. The number of amides is 2. The Hall–Kier alpha value is -3.62. The number of para-hydroxylation sites is 1. The van der Waals surface area contributed by atoms with Gasteiger partial charge >= 0.3 is 12.0 Å². The molecule has 1 aliphatic rings. The highest BCUT2D eigenvalue weighted by Gasteiger charge is 2.31. The molecule has 0 spiro atoms. The average Bonchev–Trinajstić information content (AvgIpc) is 3.09. The number of esters is 1. The second-order valence-electron chi connectivity index (χ2n) is 6.63. The number of carbonyl (C=O) groups is 2. The van der Waals surface area contributed by atoms with Crippen molar-refractivity contribution in [1.29, 1.82) is 0 Å². The van der Waals surface area contributed by atoms with Gasteiger partial charge in [-0.3, -0.25) is 9.36 Å². The molecule has 150 valence electrons. The van der Waals surface area contributed by atoms with Crippen molar-refractivity contribution < 1.29 is 18.7 Å². The van der Waals surface area contributed by atoms with Gasteiger partial charge in [-0.1, -0.05) is 19.1 Å². The number of nitrogens with zero attached hydrogens (tertiary/aromatic N) is 2. The van der Waals surface area contributed by atoms with Crippen molar-refractivity contribution in [3.63, 3.8) is 0 Å². The van der Waals surface area contributed by atoms with Gasteiger partial charge in [0.1, 0.15) is 11.1 Å². The molecule has 0 saturated carbocycles. The third-order valence-corrected chi connectivity index (χ3v) is 4.83. The highest BCUT2D eigenvalue weighted by atomic mass is 16.5. The van der Waals surface area contributed by atoms with E-state index in [0.717, 1.165) is 5.39 Å². The summed E-state index contributed by atoms with van der Waals surface area (Å²) >= 11 is 0. The van der Waals surface area contributed by atoms with E-state index < -0.39 is 23.6 Å². The Morgan fingerprint density at radius 1 is 1.28 bits per heavy atom. The fourth-order valence-corrected chi connectivity index (χ4v) is 3.48. The van der Waals surface area contributed by atoms with E-state index in [1.807, 2.05) is 25.1 Å². The first-order valence-electron chi connectivity index (χ1n) is 9.37. The number of nitrogens with one attached hydrogen (secondary N) is 2. The lowest BCUT2D eigenvalue weighted by molar-refractivity contribution is -0.139. The molecular formula is C20H20N4O5. The number of fused-ring (bicyclic) bond motifs is 3. The molecule has 1 aliphatic heterocycles. The highest BCUT2D eigenvalue weighted by Crippen LogP contribution is 2.24. The van der Waals surface area contributed by atoms with Gasteiger partial charge in [-0.05, 0) is 25.5 Å². The van der Waals surface area contributed by atoms with Crippen molar-refractivity contribution in [2.75, 3.05) is 6.61 Å². The van der Waals surface area contributed by atoms with E-state index in [1.54, 1.807) is 13.0 Å². The molecule has 0 fully saturated rings. The molecule has 2 amide bonds. The number of hydrogen-bond acceptors (Lipinski definition) is 6. The van der Waals surface area contributed by atoms with E-state index in [1.165, 1.54) is 10.9 Å². The predicted molar refractivity (Wildman–Crippen MR) is 105 cm³/mol. The number of allylic oxidation sites excluding steroid dienone is 1. The van der Waals surface area contributed by atoms with Gasteiger partial charge in [0.15, 0.2) is 0 Å². The lowest BCUT2D eigenvalue weighted by Crippen LogP contribution is -2.51. The highest BCUT2D eigenvalue weighted by molar-refractivity contribution is 6.01. The third-order valence-electron chi connectivity index (χ3n) is 4.83. The number of aromatic nitrogens is 2. The molecule has 29 heavy (non-hydrogen) atoms. The second-order valence-corrected chi connectivity index (χ2v) is 6.63. The summed E-state index contributed by atoms with van der Waals surface area (Å²) in [5.41, 5.74) is 1.37. The van der Waals surface area contributed by atoms with Crippen LogP contribution in [-0.2, 0) is 16.1 Å². The summed E-state index contributed by atoms with van der Waals surface area (Å²) in [5, 5.41) is 6.08. The molecule has 0 aliphatic carbocycles. The largest absolute Gasteiger partial charge is 0.463 e. The first-order valence-corrected chi connectivity index (χ1v) is 9.37. The number of rotatable bonds is 5. The van der Waals surface area contributed by atoms with Crippen LogP contribution in [0.4, 0.5) is 4.79 Å². The number of furan rings is 1. The zero-order valence-electron chi connectivity index (χ0n) is 16.0. The zero-order chi connectivity index (χ0) is 20.5. The predicted octanol–water partition coefficient (Wildman–Crippen LogP) is 2.05. The van der Waals surface area contributed by atoms with Crippen molar-refractivity contribution in [3.8, 4) is 0 Å². The normalized spacial score (nSPS) is 16.8. The van der Waals surface area contributed by atoms with E-state index in [-0.39, 0.29) is 18.7 Å². The van der Waals surface area contributed by atoms with E-state index in [2.05, 4.69) is 15.6 Å². The minimum Gasteiger partial charge on any atom is -0.463 e. The zero-order valence-corrected chi connectivity index (χ0v) is 16.0. The molecule has 2 aromatic heterocycles. The van der Waals surface area contributed by atoms with E-state index in [9.17, 15) is 14.4 Å². The molecule has 4 rings (SSSR count). The fourth-order valence-electron chi connectivity index (χ4n) is 3.48. The van der Waals surface area contributed by atoms with Crippen LogP contribution in [0.3, 0.4) is 0 Å². The molecule has 9 heteroatoms. The minimum absolute atomic E-state index is 0.0448. The van der Waals surface area contributed by atoms with Gasteiger partial charge in [-0.25, -0.2) is 14.6 Å². The number of hydrogen-bond donors (Lipinski definition) is 2. The monoisotopic (exact) mass is 396 g/mol. The summed E-state index contributed by atoms with van der Waals surface area (Å²) in [4.78, 5) is 41.9. The molecule has 0 saturated heterocycles. The number of ether oxygens (including phenoxy) is 1. The van der Waals surface area contributed by atoms with Crippen molar-refractivity contribution in [2.24, 2.45) is 0 Å². The van der Waals surface area contributed by atoms with Crippen LogP contribution < -0.4 is 16.2 Å². The topological polar surface area (TPSA) is 115 Å². The molecule has 3 heterocycles. The van der Waals surface area contributed by atoms with Crippen LogP contribution in [0.25, 0.3) is 22.1 Å². The standard InChI is InChI=1S/C20H20N4O5/c1-3-12-15(19(26)28-4-2)13(23-20(27)22-12)9-24-10-21-16-11-7-5-6-8-14(11)29-17(16)18(24)25/h5-8,10,12H,3-4,9H2,1-2H3,(H2,22,23,27). The first-order chi connectivity index (χ1) is 14.0. The summed E-state index contributed by atoms with van der Waals surface area (Å²) < 4.78 is 12.1. The van der Waals surface area contributed by atoms with Gasteiger partial charge in [0.2, 0.25) is 5.58 Å². The van der Waals surface area contributed by atoms with Gasteiger partial charge in [0.05, 0.1) is 36.8 Å². The maximum absolute atomic E-state index is 13.0. The van der Waals surface area contributed by atoms with Crippen LogP contribution in [0.15, 0.2) is 51.1 Å². The van der Waals surface area contributed by atoms with Crippen molar-refractivity contribution in [2.45, 2.75) is 32.9 Å². The maximum atomic E-state index is 13.0. The number of benzene rings is 1. The van der Waals surface area contributed by atoms with Crippen LogP contribution in [-0.4, -0.2) is 34.2 Å². The summed E-state index contributed by atoms with van der Waals surface area (Å²) in [5.74, 6) is -0.535. The third kappa shape index (κ3) is 3.24. The Balaban J connectivity index is 1.81. The van der Waals surface area contributed by atoms with Gasteiger partial charge in [-0.2, -0.15) is 0 Å². The van der Waals surface area contributed by atoms with E-state index >= 15 is 0 Å². The molecule has 0 radical (unpaired) electrons. The summed E-state index contributed by atoms with van der Waals surface area (Å²) in [7, 11) is 0.